The van der Waals surface area contributed by atoms with Gasteiger partial charge >= 0.3 is 0 Å². The lowest BCUT2D eigenvalue weighted by molar-refractivity contribution is -0.0875. The minimum atomic E-state index is -0.521. The summed E-state index contributed by atoms with van der Waals surface area (Å²) >= 11 is 0. The molecule has 0 amide bonds. The SMILES string of the molecule is O[C@@H]1[C@H]2CC[C@@H](NC2)[C@@H]1O. The van der Waals surface area contributed by atoms with E-state index in [1.54, 1.807) is 0 Å². The largest absolute Gasteiger partial charge is 0.390 e. The van der Waals surface area contributed by atoms with Crippen molar-refractivity contribution in [1.82, 2.24) is 5.32 Å². The van der Waals surface area contributed by atoms with Gasteiger partial charge in [-0.3, -0.25) is 0 Å². The van der Waals surface area contributed by atoms with Gasteiger partial charge in [-0.1, -0.05) is 0 Å². The fourth-order valence-electron chi connectivity index (χ4n) is 2.00. The molecule has 0 aromatic carbocycles. The molecule has 0 radical (unpaired) electrons. The van der Waals surface area contributed by atoms with Crippen LogP contribution >= 0.6 is 0 Å². The number of piperidine rings is 2. The maximum Gasteiger partial charge on any atom is 0.0954 e. The number of nitrogens with one attached hydrogen (secondary N) is 1. The molecule has 2 bridgehead atoms. The summed E-state index contributed by atoms with van der Waals surface area (Å²) in [5.41, 5.74) is 0. The average molecular weight is 143 g/mol. The van der Waals surface area contributed by atoms with Crippen molar-refractivity contribution in [1.29, 1.82) is 0 Å². The van der Waals surface area contributed by atoms with Gasteiger partial charge in [-0.25, -0.2) is 0 Å². The van der Waals surface area contributed by atoms with Crippen LogP contribution in [0.4, 0.5) is 0 Å². The van der Waals surface area contributed by atoms with E-state index >= 15 is 0 Å². The average Bonchev–Trinajstić information content (AvgIpc) is 2.00. The Labute approximate surface area is 60.1 Å². The maximum absolute atomic E-state index is 9.38. The number of hydrogen-bond donors (Lipinski definition) is 3. The van der Waals surface area contributed by atoms with Gasteiger partial charge in [0, 0.05) is 12.6 Å². The molecule has 2 aliphatic heterocycles. The first kappa shape index (κ1) is 6.58. The Hall–Kier alpha value is -0.120. The first-order chi connectivity index (χ1) is 4.79. The van der Waals surface area contributed by atoms with E-state index in [0.29, 0.717) is 5.92 Å². The minimum Gasteiger partial charge on any atom is -0.390 e. The molecule has 1 saturated carbocycles. The Kier molecular flexibility index (Phi) is 1.44. The molecule has 0 aromatic heterocycles. The Morgan fingerprint density at radius 3 is 2.20 bits per heavy atom. The van der Waals surface area contributed by atoms with Crippen molar-refractivity contribution in [2.75, 3.05) is 6.54 Å². The molecule has 58 valence electrons. The lowest BCUT2D eigenvalue weighted by Crippen LogP contribution is -2.61. The van der Waals surface area contributed by atoms with Crippen LogP contribution in [0.15, 0.2) is 0 Å². The van der Waals surface area contributed by atoms with Gasteiger partial charge in [0.15, 0.2) is 0 Å². The maximum atomic E-state index is 9.38. The van der Waals surface area contributed by atoms with Crippen LogP contribution in [-0.4, -0.2) is 35.0 Å². The summed E-state index contributed by atoms with van der Waals surface area (Å²) in [6.07, 6.45) is 1.09. The molecule has 3 rings (SSSR count). The molecule has 0 unspecified atom stereocenters. The highest BCUT2D eigenvalue weighted by Gasteiger charge is 2.41. The molecule has 4 atom stereocenters. The van der Waals surface area contributed by atoms with Crippen molar-refractivity contribution in [3.05, 3.63) is 0 Å². The first-order valence-corrected chi connectivity index (χ1v) is 3.88. The van der Waals surface area contributed by atoms with E-state index in [0.717, 1.165) is 19.4 Å². The Morgan fingerprint density at radius 1 is 1.10 bits per heavy atom. The van der Waals surface area contributed by atoms with E-state index in [9.17, 15) is 10.2 Å². The summed E-state index contributed by atoms with van der Waals surface area (Å²) in [6.45, 7) is 0.878. The highest BCUT2D eigenvalue weighted by Crippen LogP contribution is 2.29. The van der Waals surface area contributed by atoms with Crippen LogP contribution in [0.3, 0.4) is 0 Å². The van der Waals surface area contributed by atoms with Gasteiger partial charge in [0.1, 0.15) is 0 Å². The normalized spacial score (nSPS) is 53.4. The van der Waals surface area contributed by atoms with Crippen molar-refractivity contribution in [3.63, 3.8) is 0 Å². The van der Waals surface area contributed by atoms with Crippen LogP contribution < -0.4 is 5.32 Å². The number of aliphatic hydroxyl groups is 2. The molecule has 1 aliphatic carbocycles. The van der Waals surface area contributed by atoms with Crippen molar-refractivity contribution in [2.24, 2.45) is 5.92 Å². The predicted octanol–water partition coefficient (Wildman–Crippen LogP) is -0.910. The summed E-state index contributed by atoms with van der Waals surface area (Å²) in [4.78, 5) is 0. The van der Waals surface area contributed by atoms with Crippen LogP contribution in [0.2, 0.25) is 0 Å². The predicted molar refractivity (Wildman–Crippen MR) is 36.5 cm³/mol. The second-order valence-electron chi connectivity index (χ2n) is 3.33. The van der Waals surface area contributed by atoms with E-state index in [2.05, 4.69) is 5.32 Å². The molecule has 3 N–H and O–H groups in total. The highest BCUT2D eigenvalue weighted by molar-refractivity contribution is 4.97. The van der Waals surface area contributed by atoms with Crippen LogP contribution in [0.5, 0.6) is 0 Å². The van der Waals surface area contributed by atoms with Crippen LogP contribution in [0, 0.1) is 5.92 Å². The van der Waals surface area contributed by atoms with Crippen LogP contribution in [0.1, 0.15) is 12.8 Å². The van der Waals surface area contributed by atoms with Crippen LogP contribution in [-0.2, 0) is 0 Å². The number of hydrogen-bond acceptors (Lipinski definition) is 3. The molecule has 3 fully saturated rings. The lowest BCUT2D eigenvalue weighted by atomic mass is 9.77. The summed E-state index contributed by atoms with van der Waals surface area (Å²) in [5, 5.41) is 21.9. The van der Waals surface area contributed by atoms with Crippen LogP contribution in [0.25, 0.3) is 0 Å². The monoisotopic (exact) mass is 143 g/mol. The fourth-order valence-corrected chi connectivity index (χ4v) is 2.00. The molecule has 3 aliphatic rings. The van der Waals surface area contributed by atoms with E-state index in [-0.39, 0.29) is 6.04 Å². The van der Waals surface area contributed by atoms with Gasteiger partial charge in [-0.2, -0.15) is 0 Å². The third-order valence-electron chi connectivity index (χ3n) is 2.74. The van der Waals surface area contributed by atoms with Crippen molar-refractivity contribution < 1.29 is 10.2 Å². The summed E-state index contributed by atoms with van der Waals surface area (Å²) in [7, 11) is 0. The molecule has 0 spiro atoms. The molecule has 3 heteroatoms. The van der Waals surface area contributed by atoms with Gasteiger partial charge in [0.05, 0.1) is 12.2 Å². The molecule has 2 saturated heterocycles. The highest BCUT2D eigenvalue weighted by atomic mass is 16.3. The van der Waals surface area contributed by atoms with E-state index in [1.807, 2.05) is 0 Å². The van der Waals surface area contributed by atoms with Gasteiger partial charge in [-0.05, 0) is 18.8 Å². The van der Waals surface area contributed by atoms with Gasteiger partial charge in [0.25, 0.3) is 0 Å². The summed E-state index contributed by atoms with van der Waals surface area (Å²) in [5.74, 6) is 0.292. The zero-order valence-corrected chi connectivity index (χ0v) is 5.83. The quantitative estimate of drug-likeness (QED) is 0.411. The van der Waals surface area contributed by atoms with E-state index in [4.69, 9.17) is 0 Å². The van der Waals surface area contributed by atoms with Gasteiger partial charge in [-0.15, -0.1) is 0 Å². The smallest absolute Gasteiger partial charge is 0.0954 e. The number of aliphatic hydroxyl groups excluding tert-OH is 2. The second kappa shape index (κ2) is 2.19. The Bertz CT molecular complexity index is 112. The number of fused-ring (bicyclic) bond motifs is 3. The van der Waals surface area contributed by atoms with Crippen molar-refractivity contribution >= 4 is 0 Å². The molecular weight excluding hydrogens is 130 g/mol. The molecule has 0 aromatic rings. The lowest BCUT2D eigenvalue weighted by Gasteiger charge is -2.44. The molecule has 2 heterocycles. The summed E-state index contributed by atoms with van der Waals surface area (Å²) in [6, 6.07) is 0.153. The van der Waals surface area contributed by atoms with E-state index < -0.39 is 12.2 Å². The van der Waals surface area contributed by atoms with Gasteiger partial charge in [0.2, 0.25) is 0 Å². The molecule has 10 heavy (non-hydrogen) atoms. The summed E-state index contributed by atoms with van der Waals surface area (Å²) < 4.78 is 0. The number of rotatable bonds is 0. The van der Waals surface area contributed by atoms with Gasteiger partial charge < -0.3 is 15.5 Å². The van der Waals surface area contributed by atoms with Crippen molar-refractivity contribution in [2.45, 2.75) is 31.1 Å². The Balaban J connectivity index is 2.13. The van der Waals surface area contributed by atoms with Crippen molar-refractivity contribution in [3.8, 4) is 0 Å². The zero-order chi connectivity index (χ0) is 7.14. The Morgan fingerprint density at radius 2 is 1.90 bits per heavy atom. The molecule has 3 nitrogen and oxygen atoms in total. The first-order valence-electron chi connectivity index (χ1n) is 3.88. The third kappa shape index (κ3) is 0.779. The standard InChI is InChI=1S/C7H13NO2/c9-6-4-1-2-5(7(6)10)8-3-4/h4-10H,1-3H2/t4-,5+,6+,7-/m0/s1. The topological polar surface area (TPSA) is 52.5 Å². The van der Waals surface area contributed by atoms with E-state index in [1.165, 1.54) is 0 Å². The second-order valence-corrected chi connectivity index (χ2v) is 3.33. The minimum absolute atomic E-state index is 0.153. The third-order valence-corrected chi connectivity index (χ3v) is 2.74. The zero-order valence-electron chi connectivity index (χ0n) is 5.83. The fraction of sp³-hybridized carbons (Fsp3) is 1.00. The molecular formula is C7H13NO2.